The van der Waals surface area contributed by atoms with E-state index < -0.39 is 0 Å². The number of piperidine rings is 1. The molecule has 0 bridgehead atoms. The molecule has 8 heteroatoms. The summed E-state index contributed by atoms with van der Waals surface area (Å²) in [7, 11) is 3.12. The molecule has 1 aromatic carbocycles. The van der Waals surface area contributed by atoms with Crippen LogP contribution in [0.5, 0.6) is 11.5 Å². The molecule has 0 atom stereocenters. The molecule has 2 N–H and O–H groups in total. The van der Waals surface area contributed by atoms with E-state index in [2.05, 4.69) is 20.5 Å². The number of benzene rings is 1. The van der Waals surface area contributed by atoms with Crippen LogP contribution in [0.4, 0.5) is 15.6 Å². The second-order valence-electron chi connectivity index (χ2n) is 5.72. The third-order valence-corrected chi connectivity index (χ3v) is 5.00. The van der Waals surface area contributed by atoms with Crippen LogP contribution in [-0.4, -0.2) is 44.4 Å². The number of thiazole rings is 1. The summed E-state index contributed by atoms with van der Waals surface area (Å²) >= 11 is 1.64. The molecule has 0 aliphatic carbocycles. The zero-order valence-electron chi connectivity index (χ0n) is 14.3. The molecule has 0 unspecified atom stereocenters. The van der Waals surface area contributed by atoms with Crippen molar-refractivity contribution in [3.63, 3.8) is 0 Å². The van der Waals surface area contributed by atoms with Gasteiger partial charge in [0.2, 0.25) is 0 Å². The maximum absolute atomic E-state index is 12.3. The number of rotatable bonds is 5. The minimum absolute atomic E-state index is 0.146. The summed E-state index contributed by atoms with van der Waals surface area (Å²) in [5.41, 5.74) is 0.583. The highest BCUT2D eigenvalue weighted by atomic mass is 32.1. The fourth-order valence-corrected chi connectivity index (χ4v) is 3.61. The number of hydrogen-bond acceptors (Lipinski definition) is 6. The number of hydrogen-bond donors (Lipinski definition) is 2. The predicted molar refractivity (Wildman–Crippen MR) is 99.0 cm³/mol. The largest absolute Gasteiger partial charge is 0.493 e. The van der Waals surface area contributed by atoms with Crippen molar-refractivity contribution in [2.24, 2.45) is 0 Å². The van der Waals surface area contributed by atoms with Gasteiger partial charge in [-0.15, -0.1) is 11.3 Å². The number of carbonyl (C=O) groups is 1. The fourth-order valence-electron chi connectivity index (χ4n) is 2.92. The van der Waals surface area contributed by atoms with Gasteiger partial charge in [-0.05, 0) is 25.0 Å². The number of anilines is 2. The lowest BCUT2D eigenvalue weighted by Gasteiger charge is -2.32. The van der Waals surface area contributed by atoms with Gasteiger partial charge in [-0.25, -0.2) is 9.78 Å². The molecule has 1 aromatic heterocycles. The number of urea groups is 1. The minimum Gasteiger partial charge on any atom is -0.493 e. The summed E-state index contributed by atoms with van der Waals surface area (Å²) in [6.07, 6.45) is 3.60. The molecule has 1 aliphatic heterocycles. The Bertz CT molecular complexity index is 700. The Balaban J connectivity index is 1.54. The summed E-state index contributed by atoms with van der Waals surface area (Å²) in [5.74, 6) is 1.09. The number of amides is 2. The van der Waals surface area contributed by atoms with E-state index in [1.807, 2.05) is 17.6 Å². The first-order chi connectivity index (χ1) is 12.2. The number of aromatic nitrogens is 1. The third kappa shape index (κ3) is 4.14. The summed E-state index contributed by atoms with van der Waals surface area (Å²) in [6, 6.07) is 5.29. The van der Waals surface area contributed by atoms with Crippen molar-refractivity contribution in [2.45, 2.75) is 18.9 Å². The SMILES string of the molecule is COc1cccc(NC(=O)NC2CCN(c3nccs3)CC2)c1OC. The van der Waals surface area contributed by atoms with E-state index in [1.54, 1.807) is 37.7 Å². The van der Waals surface area contributed by atoms with Gasteiger partial charge in [0.05, 0.1) is 19.9 Å². The second kappa shape index (κ2) is 8.06. The quantitative estimate of drug-likeness (QED) is 0.855. The van der Waals surface area contributed by atoms with E-state index in [-0.39, 0.29) is 12.1 Å². The van der Waals surface area contributed by atoms with Crippen LogP contribution in [0.3, 0.4) is 0 Å². The summed E-state index contributed by atoms with van der Waals surface area (Å²) in [4.78, 5) is 18.9. The van der Waals surface area contributed by atoms with Gasteiger partial charge >= 0.3 is 6.03 Å². The van der Waals surface area contributed by atoms with E-state index in [0.717, 1.165) is 31.1 Å². The Labute approximate surface area is 151 Å². The maximum atomic E-state index is 12.3. The standard InChI is InChI=1S/C17H22N4O3S/c1-23-14-5-3-4-13(15(14)24-2)20-16(22)19-12-6-9-21(10-7-12)17-18-8-11-25-17/h3-5,8,11-12H,6-7,9-10H2,1-2H3,(H2,19,20,22). The predicted octanol–water partition coefficient (Wildman–Crippen LogP) is 2.95. The van der Waals surface area contributed by atoms with Gasteiger partial charge in [0.1, 0.15) is 0 Å². The lowest BCUT2D eigenvalue weighted by atomic mass is 10.1. The molecule has 0 saturated carbocycles. The smallest absolute Gasteiger partial charge is 0.319 e. The first-order valence-electron chi connectivity index (χ1n) is 8.14. The highest BCUT2D eigenvalue weighted by Crippen LogP contribution is 2.34. The van der Waals surface area contributed by atoms with Crippen molar-refractivity contribution in [3.05, 3.63) is 29.8 Å². The Kier molecular flexibility index (Phi) is 5.60. The number of carbonyl (C=O) groups excluding carboxylic acids is 1. The van der Waals surface area contributed by atoms with Crippen LogP contribution in [-0.2, 0) is 0 Å². The Morgan fingerprint density at radius 1 is 1.28 bits per heavy atom. The van der Waals surface area contributed by atoms with Gasteiger partial charge in [-0.1, -0.05) is 6.07 Å². The van der Waals surface area contributed by atoms with Gasteiger partial charge in [-0.2, -0.15) is 0 Å². The first-order valence-corrected chi connectivity index (χ1v) is 9.02. The van der Waals surface area contributed by atoms with E-state index in [0.29, 0.717) is 17.2 Å². The molecule has 3 rings (SSSR count). The van der Waals surface area contributed by atoms with Crippen LogP contribution < -0.4 is 25.0 Å². The fraction of sp³-hybridized carbons (Fsp3) is 0.412. The van der Waals surface area contributed by atoms with Crippen molar-refractivity contribution >= 4 is 28.2 Å². The van der Waals surface area contributed by atoms with Crippen LogP contribution >= 0.6 is 11.3 Å². The highest BCUT2D eigenvalue weighted by Gasteiger charge is 2.22. The Morgan fingerprint density at radius 3 is 2.72 bits per heavy atom. The van der Waals surface area contributed by atoms with E-state index >= 15 is 0 Å². The van der Waals surface area contributed by atoms with Crippen LogP contribution in [0.15, 0.2) is 29.8 Å². The van der Waals surface area contributed by atoms with Crippen LogP contribution in [0.25, 0.3) is 0 Å². The van der Waals surface area contributed by atoms with E-state index in [9.17, 15) is 4.79 Å². The van der Waals surface area contributed by atoms with Gasteiger partial charge in [0, 0.05) is 30.7 Å². The topological polar surface area (TPSA) is 75.7 Å². The molecule has 7 nitrogen and oxygen atoms in total. The van der Waals surface area contributed by atoms with Crippen molar-refractivity contribution in [3.8, 4) is 11.5 Å². The van der Waals surface area contributed by atoms with Gasteiger partial charge < -0.3 is 25.0 Å². The van der Waals surface area contributed by atoms with Crippen LogP contribution in [0.1, 0.15) is 12.8 Å². The Morgan fingerprint density at radius 2 is 2.08 bits per heavy atom. The van der Waals surface area contributed by atoms with Crippen molar-refractivity contribution in [2.75, 3.05) is 37.5 Å². The zero-order chi connectivity index (χ0) is 17.6. The molecule has 2 amide bonds. The summed E-state index contributed by atoms with van der Waals surface area (Å²) in [5, 5.41) is 8.90. The number of nitrogens with zero attached hydrogens (tertiary/aromatic N) is 2. The lowest BCUT2D eigenvalue weighted by molar-refractivity contribution is 0.246. The molecular weight excluding hydrogens is 340 g/mol. The monoisotopic (exact) mass is 362 g/mol. The minimum atomic E-state index is -0.237. The van der Waals surface area contributed by atoms with Crippen molar-refractivity contribution < 1.29 is 14.3 Å². The van der Waals surface area contributed by atoms with E-state index in [1.165, 1.54) is 0 Å². The highest BCUT2D eigenvalue weighted by molar-refractivity contribution is 7.13. The zero-order valence-corrected chi connectivity index (χ0v) is 15.1. The third-order valence-electron chi connectivity index (χ3n) is 4.17. The molecule has 1 aliphatic rings. The molecule has 25 heavy (non-hydrogen) atoms. The molecule has 2 heterocycles. The number of nitrogens with one attached hydrogen (secondary N) is 2. The maximum Gasteiger partial charge on any atom is 0.319 e. The summed E-state index contributed by atoms with van der Waals surface area (Å²) < 4.78 is 10.6. The number of methoxy groups -OCH3 is 2. The average Bonchev–Trinajstić information content (AvgIpc) is 3.16. The molecule has 0 radical (unpaired) electrons. The van der Waals surface area contributed by atoms with Gasteiger partial charge in [0.25, 0.3) is 0 Å². The molecule has 1 saturated heterocycles. The van der Waals surface area contributed by atoms with Crippen molar-refractivity contribution in [1.82, 2.24) is 10.3 Å². The molecular formula is C17H22N4O3S. The average molecular weight is 362 g/mol. The molecule has 1 fully saturated rings. The van der Waals surface area contributed by atoms with Crippen LogP contribution in [0.2, 0.25) is 0 Å². The lowest BCUT2D eigenvalue weighted by Crippen LogP contribution is -2.46. The molecule has 2 aromatic rings. The van der Waals surface area contributed by atoms with Gasteiger partial charge in [-0.3, -0.25) is 0 Å². The van der Waals surface area contributed by atoms with Crippen LogP contribution in [0, 0.1) is 0 Å². The number of para-hydroxylation sites is 1. The Hall–Kier alpha value is -2.48. The normalized spacial score (nSPS) is 14.9. The molecule has 134 valence electrons. The molecule has 0 spiro atoms. The summed E-state index contributed by atoms with van der Waals surface area (Å²) in [6.45, 7) is 1.78. The second-order valence-corrected chi connectivity index (χ2v) is 6.59. The van der Waals surface area contributed by atoms with Crippen molar-refractivity contribution in [1.29, 1.82) is 0 Å². The van der Waals surface area contributed by atoms with E-state index in [4.69, 9.17) is 9.47 Å². The first kappa shape index (κ1) is 17.3. The number of ether oxygens (including phenoxy) is 2. The van der Waals surface area contributed by atoms with Gasteiger partial charge in [0.15, 0.2) is 16.6 Å².